The minimum absolute atomic E-state index is 0.240. The second kappa shape index (κ2) is 6.78. The summed E-state index contributed by atoms with van der Waals surface area (Å²) >= 11 is 0. The average molecular weight is 259 g/mol. The van der Waals surface area contributed by atoms with Crippen LogP contribution in [0.3, 0.4) is 0 Å². The molecule has 19 heavy (non-hydrogen) atoms. The van der Waals surface area contributed by atoms with Crippen molar-refractivity contribution in [2.24, 2.45) is 0 Å². The molecule has 0 fully saturated rings. The number of nitrogens with one attached hydrogen (secondary N) is 1. The molecule has 0 heterocycles. The van der Waals surface area contributed by atoms with Crippen molar-refractivity contribution in [2.75, 3.05) is 18.5 Å². The average Bonchev–Trinajstić information content (AvgIpc) is 2.45. The van der Waals surface area contributed by atoms with Gasteiger partial charge in [-0.05, 0) is 36.2 Å². The lowest BCUT2D eigenvalue weighted by Gasteiger charge is -2.09. The minimum atomic E-state index is -0.240. The summed E-state index contributed by atoms with van der Waals surface area (Å²) in [6.45, 7) is 3.18. The lowest BCUT2D eigenvalue weighted by Crippen LogP contribution is -2.12. The molecule has 0 aliphatic heterocycles. The van der Waals surface area contributed by atoms with Gasteiger partial charge in [0.2, 0.25) is 0 Å². The first kappa shape index (κ1) is 13.4. The van der Waals surface area contributed by atoms with E-state index in [1.54, 1.807) is 18.2 Å². The fraction of sp³-hybridized carbons (Fsp3) is 0.250. The minimum Gasteiger partial charge on any atom is -0.492 e. The third-order valence-electron chi connectivity index (χ3n) is 2.87. The number of ether oxygens (including phenoxy) is 1. The van der Waals surface area contributed by atoms with Crippen LogP contribution in [0.4, 0.5) is 10.1 Å². The Morgan fingerprint density at radius 2 is 1.95 bits per heavy atom. The lowest BCUT2D eigenvalue weighted by atomic mass is 10.2. The van der Waals surface area contributed by atoms with Crippen LogP contribution in [0, 0.1) is 5.82 Å². The van der Waals surface area contributed by atoms with E-state index in [0.717, 1.165) is 12.2 Å². The van der Waals surface area contributed by atoms with Gasteiger partial charge >= 0.3 is 0 Å². The number of para-hydroxylation sites is 1. The van der Waals surface area contributed by atoms with Crippen LogP contribution in [-0.4, -0.2) is 13.2 Å². The smallest absolute Gasteiger partial charge is 0.146 e. The predicted octanol–water partition coefficient (Wildman–Crippen LogP) is 3.88. The second-order valence-corrected chi connectivity index (χ2v) is 4.26. The summed E-state index contributed by atoms with van der Waals surface area (Å²) in [5.74, 6) is 0.616. The molecule has 1 N–H and O–H groups in total. The van der Waals surface area contributed by atoms with Crippen LogP contribution in [-0.2, 0) is 6.42 Å². The van der Waals surface area contributed by atoms with E-state index in [1.165, 1.54) is 11.6 Å². The third kappa shape index (κ3) is 3.98. The molecule has 3 heteroatoms. The van der Waals surface area contributed by atoms with Gasteiger partial charge in [-0.3, -0.25) is 0 Å². The van der Waals surface area contributed by atoms with E-state index in [-0.39, 0.29) is 5.82 Å². The molecule has 2 aromatic rings. The Bertz CT molecular complexity index is 528. The van der Waals surface area contributed by atoms with Gasteiger partial charge in [-0.15, -0.1) is 0 Å². The zero-order valence-electron chi connectivity index (χ0n) is 11.0. The van der Waals surface area contributed by atoms with E-state index in [9.17, 15) is 4.39 Å². The van der Waals surface area contributed by atoms with Crippen molar-refractivity contribution in [2.45, 2.75) is 13.3 Å². The SMILES string of the molecule is CCc1cccc(OCCNc2ccccc2F)c1. The van der Waals surface area contributed by atoms with Crippen molar-refractivity contribution >= 4 is 5.69 Å². The molecule has 0 saturated heterocycles. The first-order valence-corrected chi connectivity index (χ1v) is 6.49. The third-order valence-corrected chi connectivity index (χ3v) is 2.87. The highest BCUT2D eigenvalue weighted by atomic mass is 19.1. The largest absolute Gasteiger partial charge is 0.492 e. The summed E-state index contributed by atoms with van der Waals surface area (Å²) in [6, 6.07) is 14.7. The molecule has 2 aromatic carbocycles. The first-order chi connectivity index (χ1) is 9.29. The van der Waals surface area contributed by atoms with Crippen LogP contribution >= 0.6 is 0 Å². The van der Waals surface area contributed by atoms with Crippen LogP contribution in [0.25, 0.3) is 0 Å². The van der Waals surface area contributed by atoms with E-state index in [4.69, 9.17) is 4.74 Å². The number of aryl methyl sites for hydroxylation is 1. The molecule has 0 saturated carbocycles. The molecule has 0 unspecified atom stereocenters. The van der Waals surface area contributed by atoms with Gasteiger partial charge in [0.1, 0.15) is 18.2 Å². The molecule has 0 aliphatic carbocycles. The molecule has 100 valence electrons. The zero-order valence-corrected chi connectivity index (χ0v) is 11.0. The number of anilines is 1. The van der Waals surface area contributed by atoms with Gasteiger partial charge in [0.05, 0.1) is 5.69 Å². The van der Waals surface area contributed by atoms with Crippen molar-refractivity contribution in [3.8, 4) is 5.75 Å². The molecular weight excluding hydrogens is 241 g/mol. The molecule has 0 atom stereocenters. The standard InChI is InChI=1S/C16H18FNO/c1-2-13-6-5-7-14(12-13)19-11-10-18-16-9-4-3-8-15(16)17/h3-9,12,18H,2,10-11H2,1H3. The van der Waals surface area contributed by atoms with Gasteiger partial charge in [-0.2, -0.15) is 0 Å². The quantitative estimate of drug-likeness (QED) is 0.795. The highest BCUT2D eigenvalue weighted by molar-refractivity contribution is 5.44. The van der Waals surface area contributed by atoms with E-state index in [2.05, 4.69) is 18.3 Å². The monoisotopic (exact) mass is 259 g/mol. The van der Waals surface area contributed by atoms with E-state index < -0.39 is 0 Å². The van der Waals surface area contributed by atoms with Gasteiger partial charge in [0.25, 0.3) is 0 Å². The van der Waals surface area contributed by atoms with E-state index in [0.29, 0.717) is 18.8 Å². The number of hydrogen-bond acceptors (Lipinski definition) is 2. The number of hydrogen-bond donors (Lipinski definition) is 1. The number of halogens is 1. The molecule has 0 aromatic heterocycles. The molecule has 2 rings (SSSR count). The summed E-state index contributed by atoms with van der Waals surface area (Å²) in [7, 11) is 0. The van der Waals surface area contributed by atoms with Crippen LogP contribution in [0.5, 0.6) is 5.75 Å². The van der Waals surface area contributed by atoms with Gasteiger partial charge in [0, 0.05) is 6.54 Å². The predicted molar refractivity (Wildman–Crippen MR) is 76.2 cm³/mol. The van der Waals surface area contributed by atoms with Crippen molar-refractivity contribution < 1.29 is 9.13 Å². The molecule has 0 radical (unpaired) electrons. The number of benzene rings is 2. The van der Waals surface area contributed by atoms with Gasteiger partial charge in [-0.1, -0.05) is 31.2 Å². The van der Waals surface area contributed by atoms with Crippen molar-refractivity contribution in [1.29, 1.82) is 0 Å². The fourth-order valence-corrected chi connectivity index (χ4v) is 1.81. The van der Waals surface area contributed by atoms with E-state index in [1.807, 2.05) is 18.2 Å². The zero-order chi connectivity index (χ0) is 13.5. The van der Waals surface area contributed by atoms with Gasteiger partial charge in [0.15, 0.2) is 0 Å². The summed E-state index contributed by atoms with van der Waals surface area (Å²) < 4.78 is 19.0. The van der Waals surface area contributed by atoms with Crippen LogP contribution < -0.4 is 10.1 Å². The molecule has 0 amide bonds. The first-order valence-electron chi connectivity index (χ1n) is 6.49. The Balaban J connectivity index is 1.79. The highest BCUT2D eigenvalue weighted by Gasteiger charge is 1.99. The maximum atomic E-state index is 13.3. The molecule has 0 bridgehead atoms. The summed E-state index contributed by atoms with van der Waals surface area (Å²) in [5.41, 5.74) is 1.76. The van der Waals surface area contributed by atoms with Crippen molar-refractivity contribution in [1.82, 2.24) is 0 Å². The maximum Gasteiger partial charge on any atom is 0.146 e. The number of rotatable bonds is 6. The fourth-order valence-electron chi connectivity index (χ4n) is 1.81. The lowest BCUT2D eigenvalue weighted by molar-refractivity contribution is 0.332. The molecule has 2 nitrogen and oxygen atoms in total. The van der Waals surface area contributed by atoms with Crippen LogP contribution in [0.2, 0.25) is 0 Å². The molecule has 0 spiro atoms. The normalized spacial score (nSPS) is 10.2. The van der Waals surface area contributed by atoms with Crippen molar-refractivity contribution in [3.63, 3.8) is 0 Å². The van der Waals surface area contributed by atoms with Crippen LogP contribution in [0.15, 0.2) is 48.5 Å². The molecular formula is C16H18FNO. The Kier molecular flexibility index (Phi) is 4.78. The van der Waals surface area contributed by atoms with Gasteiger partial charge < -0.3 is 10.1 Å². The Morgan fingerprint density at radius 1 is 1.11 bits per heavy atom. The highest BCUT2D eigenvalue weighted by Crippen LogP contribution is 2.14. The summed E-state index contributed by atoms with van der Waals surface area (Å²) in [6.07, 6.45) is 0.991. The second-order valence-electron chi connectivity index (χ2n) is 4.26. The van der Waals surface area contributed by atoms with E-state index >= 15 is 0 Å². The Morgan fingerprint density at radius 3 is 2.74 bits per heavy atom. The van der Waals surface area contributed by atoms with Crippen LogP contribution in [0.1, 0.15) is 12.5 Å². The van der Waals surface area contributed by atoms with Crippen molar-refractivity contribution in [3.05, 3.63) is 59.9 Å². The summed E-state index contributed by atoms with van der Waals surface area (Å²) in [4.78, 5) is 0. The maximum absolute atomic E-state index is 13.3. The Labute approximate surface area is 113 Å². The topological polar surface area (TPSA) is 21.3 Å². The summed E-state index contributed by atoms with van der Waals surface area (Å²) in [5, 5.41) is 3.01. The molecule has 0 aliphatic rings. The van der Waals surface area contributed by atoms with Gasteiger partial charge in [-0.25, -0.2) is 4.39 Å². The Hall–Kier alpha value is -2.03.